The maximum absolute atomic E-state index is 8.00. The van der Waals surface area contributed by atoms with Gasteiger partial charge in [-0.1, -0.05) is 7.43 Å². The molecule has 0 fully saturated rings. The van der Waals surface area contributed by atoms with E-state index in [4.69, 9.17) is 15.3 Å². The minimum Gasteiger partial charge on any atom is -0.412 e. The molecule has 0 spiro atoms. The first-order valence-corrected chi connectivity index (χ1v) is 0.489. The van der Waals surface area contributed by atoms with E-state index in [1.165, 1.54) is 0 Å². The van der Waals surface area contributed by atoms with Crippen LogP contribution in [0, 0.1) is 0 Å². The van der Waals surface area contributed by atoms with E-state index in [2.05, 4.69) is 0 Å². The van der Waals surface area contributed by atoms with Crippen molar-refractivity contribution in [2.75, 3.05) is 0 Å². The second-order valence-corrected chi connectivity index (χ2v) is 0. The van der Waals surface area contributed by atoms with Crippen LogP contribution in [0.15, 0.2) is 0 Å². The maximum atomic E-state index is 8.00. The fraction of sp³-hybridized carbons (Fsp3) is 0.500. The summed E-state index contributed by atoms with van der Waals surface area (Å²) in [7, 11) is 0. The quantitative estimate of drug-likeness (QED) is 0.320. The van der Waals surface area contributed by atoms with Crippen molar-refractivity contribution in [3.8, 4) is 0 Å². The maximum Gasteiger partial charge on any atom is 0.106 e. The Bertz CT molecular complexity index is 5.51. The number of hydrogen-bond acceptors (Lipinski definition) is 3. The first-order valence-electron chi connectivity index (χ1n) is 0.489. The van der Waals surface area contributed by atoms with Crippen molar-refractivity contribution in [1.82, 2.24) is 0 Å². The minimum atomic E-state index is 0. The van der Waals surface area contributed by atoms with E-state index < -0.39 is 0 Å². The van der Waals surface area contributed by atoms with Crippen LogP contribution in [0.5, 0.6) is 0 Å². The van der Waals surface area contributed by atoms with Crippen molar-refractivity contribution >= 4 is 6.79 Å². The van der Waals surface area contributed by atoms with Gasteiger partial charge in [-0.25, -0.2) is 0 Å². The molecule has 0 aromatic carbocycles. The highest BCUT2D eigenvalue weighted by Gasteiger charge is 0.745. The molecule has 0 radical (unpaired) electrons. The molecule has 6 heavy (non-hydrogen) atoms. The van der Waals surface area contributed by atoms with Crippen molar-refractivity contribution in [3.05, 3.63) is 0 Å². The molecule has 0 saturated carbocycles. The number of rotatable bonds is 0. The Hall–Kier alpha value is -0.450. The number of carbonyl (C=O) groups is 1. The average molecular weight is 98.1 g/mol. The molecule has 0 unspecified atom stereocenters. The summed E-state index contributed by atoms with van der Waals surface area (Å²) in [5, 5.41) is 12.0. The Morgan fingerprint density at radius 2 is 1.17 bits per heavy atom. The van der Waals surface area contributed by atoms with Crippen molar-refractivity contribution in [1.29, 1.82) is 0 Å². The monoisotopic (exact) mass is 98.1 g/mol. The molecular weight excluding hydrogens is 88.0 g/mol. The summed E-state index contributed by atoms with van der Waals surface area (Å²) in [5.74, 6) is 0. The topological polar surface area (TPSA) is 89.0 Å². The second-order valence-electron chi connectivity index (χ2n) is 0. The summed E-state index contributed by atoms with van der Waals surface area (Å²) >= 11 is 0. The lowest BCUT2D eigenvalue weighted by Crippen LogP contribution is -1.29. The van der Waals surface area contributed by atoms with Gasteiger partial charge < -0.3 is 10.3 Å². The van der Waals surface area contributed by atoms with Crippen LogP contribution in [0.25, 0.3) is 0 Å². The van der Waals surface area contributed by atoms with Gasteiger partial charge in [0.25, 0.3) is 0 Å². The molecule has 0 aliphatic heterocycles. The predicted octanol–water partition coefficient (Wildman–Crippen LogP) is -0.356. The van der Waals surface area contributed by atoms with E-state index in [0.717, 1.165) is 0 Å². The fourth-order valence-corrected chi connectivity index (χ4v) is 0. The minimum absolute atomic E-state index is 0. The van der Waals surface area contributed by atoms with Crippen LogP contribution < -0.4 is 0 Å². The van der Waals surface area contributed by atoms with Gasteiger partial charge in [0.2, 0.25) is 0 Å². The van der Waals surface area contributed by atoms with Crippen molar-refractivity contribution in [3.63, 3.8) is 0 Å². The van der Waals surface area contributed by atoms with E-state index in [-0.39, 0.29) is 12.9 Å². The predicted molar refractivity (Wildman–Crippen MR) is 22.7 cm³/mol. The zero-order valence-electron chi connectivity index (χ0n) is 2.51. The van der Waals surface area contributed by atoms with E-state index in [1.54, 1.807) is 0 Å². The van der Waals surface area contributed by atoms with Crippen LogP contribution >= 0.6 is 0 Å². The molecule has 0 heterocycles. The zero-order chi connectivity index (χ0) is 4.00. The van der Waals surface area contributed by atoms with Gasteiger partial charge in [0.1, 0.15) is 6.79 Å². The summed E-state index contributed by atoms with van der Waals surface area (Å²) in [6.45, 7) is 2.00. The Kier molecular flexibility index (Phi) is 2260. The SMILES string of the molecule is C.C=O.O.OO. The van der Waals surface area contributed by atoms with Gasteiger partial charge in [-0.3, -0.25) is 10.5 Å². The van der Waals surface area contributed by atoms with Crippen LogP contribution in [0.3, 0.4) is 0 Å². The standard InChI is InChI=1S/CH2O.CH4.H2O2.H2O/c1-2;;1-2;/h1H2;1H4;1-2H;1H2. The third kappa shape index (κ3) is 114. The normalized spacial score (nSPS) is 1.67. The highest BCUT2D eigenvalue weighted by atomic mass is 17.0. The van der Waals surface area contributed by atoms with Crippen molar-refractivity contribution in [2.45, 2.75) is 7.43 Å². The molecule has 0 amide bonds. The molecular formula is C2H10O4. The molecule has 0 rings (SSSR count). The second kappa shape index (κ2) is 283. The third-order valence-electron chi connectivity index (χ3n) is 0. The number of hydrogen-bond donors (Lipinski definition) is 2. The summed E-state index contributed by atoms with van der Waals surface area (Å²) in [6, 6.07) is 0. The third-order valence-corrected chi connectivity index (χ3v) is 0. The van der Waals surface area contributed by atoms with E-state index in [0.29, 0.717) is 0 Å². The summed E-state index contributed by atoms with van der Waals surface area (Å²) in [5.41, 5.74) is 0. The molecule has 4 nitrogen and oxygen atoms in total. The largest absolute Gasteiger partial charge is 0.412 e. The van der Waals surface area contributed by atoms with Crippen LogP contribution in [-0.2, 0) is 4.79 Å². The van der Waals surface area contributed by atoms with Crippen LogP contribution in [0.1, 0.15) is 7.43 Å². The van der Waals surface area contributed by atoms with Gasteiger partial charge in [0.15, 0.2) is 0 Å². The Morgan fingerprint density at radius 1 is 1.17 bits per heavy atom. The smallest absolute Gasteiger partial charge is 0.106 e. The molecule has 0 saturated heterocycles. The summed E-state index contributed by atoms with van der Waals surface area (Å²) in [6.07, 6.45) is 0. The van der Waals surface area contributed by atoms with Gasteiger partial charge in [0.05, 0.1) is 0 Å². The Morgan fingerprint density at radius 3 is 1.17 bits per heavy atom. The molecule has 4 heteroatoms. The van der Waals surface area contributed by atoms with Crippen molar-refractivity contribution < 1.29 is 20.8 Å². The van der Waals surface area contributed by atoms with E-state index in [9.17, 15) is 0 Å². The lowest BCUT2D eigenvalue weighted by Gasteiger charge is -1.25. The highest BCUT2D eigenvalue weighted by Crippen LogP contribution is 0.711. The van der Waals surface area contributed by atoms with Gasteiger partial charge in [-0.2, -0.15) is 0 Å². The van der Waals surface area contributed by atoms with Crippen LogP contribution in [0.2, 0.25) is 0 Å². The summed E-state index contributed by atoms with van der Waals surface area (Å²) in [4.78, 5) is 8.00. The molecule has 0 aliphatic carbocycles. The number of carbonyl (C=O) groups excluding carboxylic acids is 1. The van der Waals surface area contributed by atoms with Gasteiger partial charge in [-0.05, 0) is 0 Å². The molecule has 4 N–H and O–H groups in total. The average Bonchev–Trinajstić information content (AvgIpc) is 1.50. The van der Waals surface area contributed by atoms with Crippen molar-refractivity contribution in [2.24, 2.45) is 0 Å². The molecule has 0 bridgehead atoms. The lowest BCUT2D eigenvalue weighted by atomic mass is 11.9. The Balaban J connectivity index is -0.00000000500. The zero-order valence-corrected chi connectivity index (χ0v) is 2.51. The first kappa shape index (κ1) is 47.8. The van der Waals surface area contributed by atoms with Gasteiger partial charge >= 0.3 is 0 Å². The van der Waals surface area contributed by atoms with Gasteiger partial charge in [-0.15, -0.1) is 0 Å². The molecule has 42 valence electrons. The molecule has 0 aliphatic rings. The van der Waals surface area contributed by atoms with Gasteiger partial charge in [0, 0.05) is 0 Å². The van der Waals surface area contributed by atoms with E-state index >= 15 is 0 Å². The first-order chi connectivity index (χ1) is 2.00. The van der Waals surface area contributed by atoms with Crippen LogP contribution in [0.4, 0.5) is 0 Å². The Labute approximate surface area is 36.3 Å². The fourth-order valence-electron chi connectivity index (χ4n) is 0. The summed E-state index contributed by atoms with van der Waals surface area (Å²) < 4.78 is 0. The molecule has 0 aromatic heterocycles. The van der Waals surface area contributed by atoms with E-state index in [1.807, 2.05) is 6.79 Å². The molecule has 0 aromatic rings. The van der Waals surface area contributed by atoms with Crippen LogP contribution in [-0.4, -0.2) is 22.8 Å². The molecule has 0 atom stereocenters. The lowest BCUT2D eigenvalue weighted by molar-refractivity contribution is -0.176. The highest BCUT2D eigenvalue weighted by molar-refractivity contribution is 5.10.